The van der Waals surface area contributed by atoms with E-state index >= 15 is 0 Å². The second kappa shape index (κ2) is 5.04. The monoisotopic (exact) mass is 274 g/mol. The molecule has 1 aromatic carbocycles. The normalized spacial score (nSPS) is 22.4. The van der Waals surface area contributed by atoms with Gasteiger partial charge in [0.2, 0.25) is 5.66 Å². The van der Waals surface area contributed by atoms with Gasteiger partial charge in [-0.25, -0.2) is 0 Å². The third kappa shape index (κ3) is 2.62. The zero-order valence-electron chi connectivity index (χ0n) is 12.5. The summed E-state index contributed by atoms with van der Waals surface area (Å²) in [6.07, 6.45) is 4.28. The Morgan fingerprint density at radius 2 is 1.75 bits per heavy atom. The van der Waals surface area contributed by atoms with Gasteiger partial charge in [0.1, 0.15) is 0 Å². The average molecular weight is 274 g/mol. The number of allylic oxidation sites excluding steroid dienone is 1. The lowest BCUT2D eigenvalue weighted by molar-refractivity contribution is -0.615. The largest absolute Gasteiger partial charge is 0.622 e. The summed E-state index contributed by atoms with van der Waals surface area (Å²) < 4.78 is 0.887. The first-order valence-electron chi connectivity index (χ1n) is 6.81. The third-order valence-corrected chi connectivity index (χ3v) is 3.73. The summed E-state index contributed by atoms with van der Waals surface area (Å²) in [7, 11) is 0. The molecule has 0 saturated carbocycles. The van der Waals surface area contributed by atoms with E-state index in [9.17, 15) is 10.4 Å². The topological polar surface area (TPSA) is 49.5 Å². The van der Waals surface area contributed by atoms with Crippen molar-refractivity contribution in [2.24, 2.45) is 0 Å². The molecule has 4 heteroatoms. The predicted octanol–water partition coefficient (Wildman–Crippen LogP) is 3.26. The summed E-state index contributed by atoms with van der Waals surface area (Å²) in [5, 5.41) is 23.7. The molecule has 2 rings (SSSR count). The van der Waals surface area contributed by atoms with Crippen molar-refractivity contribution in [3.8, 4) is 0 Å². The minimum atomic E-state index is -0.974. The Hall–Kier alpha value is -1.65. The fraction of sp³-hybridized carbons (Fsp3) is 0.438. The first-order chi connectivity index (χ1) is 9.25. The molecule has 20 heavy (non-hydrogen) atoms. The summed E-state index contributed by atoms with van der Waals surface area (Å²) in [5.41, 5.74) is 0.281. The Balaban J connectivity index is 2.35. The van der Waals surface area contributed by atoms with Crippen molar-refractivity contribution in [2.45, 2.75) is 45.3 Å². The van der Waals surface area contributed by atoms with E-state index in [-0.39, 0.29) is 0 Å². The number of hydrogen-bond acceptors (Lipinski definition) is 3. The summed E-state index contributed by atoms with van der Waals surface area (Å²) in [5.74, 6) is 0. The highest BCUT2D eigenvalue weighted by atomic mass is 16.5. The van der Waals surface area contributed by atoms with Crippen molar-refractivity contribution in [1.82, 2.24) is 5.06 Å². The molecular weight excluding hydrogens is 252 g/mol. The van der Waals surface area contributed by atoms with Gasteiger partial charge in [0.05, 0.1) is 12.0 Å². The van der Waals surface area contributed by atoms with Gasteiger partial charge in [0, 0.05) is 19.9 Å². The smallest absolute Gasteiger partial charge is 0.245 e. The van der Waals surface area contributed by atoms with Crippen LogP contribution in [-0.4, -0.2) is 31.9 Å². The van der Waals surface area contributed by atoms with Gasteiger partial charge in [-0.1, -0.05) is 30.3 Å². The minimum Gasteiger partial charge on any atom is -0.622 e. The Kier molecular flexibility index (Phi) is 3.71. The quantitative estimate of drug-likeness (QED) is 0.665. The van der Waals surface area contributed by atoms with Crippen LogP contribution < -0.4 is 0 Å². The van der Waals surface area contributed by atoms with Crippen molar-refractivity contribution >= 4 is 11.8 Å². The van der Waals surface area contributed by atoms with Crippen LogP contribution in [0.3, 0.4) is 0 Å². The summed E-state index contributed by atoms with van der Waals surface area (Å²) in [4.78, 5) is 0. The van der Waals surface area contributed by atoms with E-state index in [2.05, 4.69) is 0 Å². The molecule has 1 aromatic rings. The Morgan fingerprint density at radius 1 is 1.15 bits per heavy atom. The standard InChI is InChI=1S/C16H22N2O2/c1-15(2)12-14(17(19)16(3,4)18(15)20)11-10-13-8-6-5-7-9-13/h5-11,20H,12H2,1-4H3/b11-10+. The average Bonchev–Trinajstić information content (AvgIpc) is 2.41. The maximum Gasteiger partial charge on any atom is 0.245 e. The van der Waals surface area contributed by atoms with Crippen LogP contribution in [0.4, 0.5) is 0 Å². The second-order valence-electron chi connectivity index (χ2n) is 6.33. The number of benzene rings is 1. The van der Waals surface area contributed by atoms with Gasteiger partial charge in [-0.05, 0) is 25.5 Å². The zero-order chi connectivity index (χ0) is 15.0. The Labute approximate surface area is 120 Å². The molecule has 0 fully saturated rings. The van der Waals surface area contributed by atoms with Crippen LogP contribution in [-0.2, 0) is 0 Å². The van der Waals surface area contributed by atoms with E-state index in [1.54, 1.807) is 13.8 Å². The summed E-state index contributed by atoms with van der Waals surface area (Å²) in [6, 6.07) is 9.86. The van der Waals surface area contributed by atoms with Crippen LogP contribution >= 0.6 is 0 Å². The lowest BCUT2D eigenvalue weighted by Gasteiger charge is -2.45. The van der Waals surface area contributed by atoms with Crippen molar-refractivity contribution in [3.63, 3.8) is 0 Å². The number of hydroxylamine groups is 3. The van der Waals surface area contributed by atoms with Crippen molar-refractivity contribution < 1.29 is 9.95 Å². The Bertz CT molecular complexity index is 545. The summed E-state index contributed by atoms with van der Waals surface area (Å²) in [6.45, 7) is 7.30. The van der Waals surface area contributed by atoms with Crippen molar-refractivity contribution in [2.75, 3.05) is 0 Å². The minimum absolute atomic E-state index is 0.471. The molecule has 0 aromatic heterocycles. The molecule has 108 valence electrons. The number of nitrogens with zero attached hydrogens (tertiary/aromatic N) is 2. The molecule has 4 nitrogen and oxygen atoms in total. The molecule has 0 radical (unpaired) electrons. The van der Waals surface area contributed by atoms with Crippen molar-refractivity contribution in [1.29, 1.82) is 0 Å². The van der Waals surface area contributed by atoms with E-state index in [0.717, 1.165) is 15.4 Å². The molecule has 1 aliphatic rings. The van der Waals surface area contributed by atoms with Crippen LogP contribution in [0.15, 0.2) is 36.4 Å². The molecule has 0 saturated heterocycles. The molecular formula is C16H22N2O2. The highest BCUT2D eigenvalue weighted by molar-refractivity contribution is 5.95. The third-order valence-electron chi connectivity index (χ3n) is 3.73. The first-order valence-corrected chi connectivity index (χ1v) is 6.81. The summed E-state index contributed by atoms with van der Waals surface area (Å²) >= 11 is 0. The van der Waals surface area contributed by atoms with E-state index in [0.29, 0.717) is 12.1 Å². The second-order valence-corrected chi connectivity index (χ2v) is 6.33. The fourth-order valence-electron chi connectivity index (χ4n) is 2.65. The molecule has 0 aliphatic carbocycles. The fourth-order valence-corrected chi connectivity index (χ4v) is 2.65. The van der Waals surface area contributed by atoms with Gasteiger partial charge in [-0.2, -0.15) is 4.74 Å². The lowest BCUT2D eigenvalue weighted by atomic mass is 9.90. The maximum absolute atomic E-state index is 12.4. The van der Waals surface area contributed by atoms with E-state index in [1.165, 1.54) is 0 Å². The highest BCUT2D eigenvalue weighted by Crippen LogP contribution is 2.31. The molecule has 0 unspecified atom stereocenters. The van der Waals surface area contributed by atoms with Gasteiger partial charge in [0.15, 0.2) is 5.71 Å². The van der Waals surface area contributed by atoms with Gasteiger partial charge in [-0.15, -0.1) is 5.06 Å². The van der Waals surface area contributed by atoms with Crippen LogP contribution in [0.25, 0.3) is 6.08 Å². The van der Waals surface area contributed by atoms with Crippen LogP contribution in [0.1, 0.15) is 39.7 Å². The van der Waals surface area contributed by atoms with Crippen LogP contribution in [0, 0.1) is 5.21 Å². The molecule has 1 aliphatic heterocycles. The van der Waals surface area contributed by atoms with Crippen LogP contribution in [0.2, 0.25) is 0 Å². The highest BCUT2D eigenvalue weighted by Gasteiger charge is 2.49. The molecule has 0 atom stereocenters. The zero-order valence-corrected chi connectivity index (χ0v) is 12.5. The van der Waals surface area contributed by atoms with Crippen LogP contribution in [0.5, 0.6) is 0 Å². The molecule has 0 bridgehead atoms. The molecule has 0 spiro atoms. The first kappa shape index (κ1) is 14.8. The van der Waals surface area contributed by atoms with Gasteiger partial charge >= 0.3 is 0 Å². The molecule has 1 N–H and O–H groups in total. The maximum atomic E-state index is 12.4. The molecule has 0 amide bonds. The SMILES string of the molecule is CC1(C)CC(/C=C/c2ccccc2)=[N+]([O-])C(C)(C)N1O. The number of hydrogen-bond donors (Lipinski definition) is 1. The Morgan fingerprint density at radius 3 is 2.35 bits per heavy atom. The lowest BCUT2D eigenvalue weighted by Crippen LogP contribution is -2.63. The van der Waals surface area contributed by atoms with Gasteiger partial charge < -0.3 is 10.4 Å². The van der Waals surface area contributed by atoms with E-state index in [4.69, 9.17) is 0 Å². The molecule has 1 heterocycles. The van der Waals surface area contributed by atoms with Gasteiger partial charge in [-0.3, -0.25) is 0 Å². The van der Waals surface area contributed by atoms with E-state index < -0.39 is 11.2 Å². The van der Waals surface area contributed by atoms with Gasteiger partial charge in [0.25, 0.3) is 0 Å². The van der Waals surface area contributed by atoms with E-state index in [1.807, 2.05) is 56.3 Å². The number of rotatable bonds is 2. The van der Waals surface area contributed by atoms with Crippen molar-refractivity contribution in [3.05, 3.63) is 47.2 Å². The predicted molar refractivity (Wildman–Crippen MR) is 80.5 cm³/mol.